The molecule has 33 heavy (non-hydrogen) atoms. The Morgan fingerprint density at radius 1 is 1.06 bits per heavy atom. The lowest BCUT2D eigenvalue weighted by Gasteiger charge is -2.45. The average molecular weight is 467 g/mol. The molecule has 9 heteroatoms. The maximum Gasteiger partial charge on any atom is 0.332 e. The van der Waals surface area contributed by atoms with Crippen molar-refractivity contribution in [2.24, 2.45) is 0 Å². The first-order valence-corrected chi connectivity index (χ1v) is 10.2. The van der Waals surface area contributed by atoms with Crippen LogP contribution >= 0.6 is 11.6 Å². The number of anilines is 1. The number of hydrogen-bond donors (Lipinski definition) is 0. The van der Waals surface area contributed by atoms with Crippen LogP contribution in [0, 0.1) is 23.5 Å². The van der Waals surface area contributed by atoms with E-state index in [1.807, 2.05) is 0 Å². The molecular formula is C24H17ClF2N4O2. The summed E-state index contributed by atoms with van der Waals surface area (Å²) in [6, 6.07) is 7.67. The number of pyridine rings is 2. The molecule has 1 aliphatic rings. The van der Waals surface area contributed by atoms with E-state index in [0.29, 0.717) is 16.0 Å². The van der Waals surface area contributed by atoms with E-state index in [0.717, 1.165) is 12.1 Å². The SMILES string of the molecule is CN1C(=O)N(c2c(F)cc(C#Cc3cccnc3)cc2F)C(=O)CC1(C)c1ccnc(Cl)c1. The second-order valence-corrected chi connectivity index (χ2v) is 8.06. The molecule has 1 unspecified atom stereocenters. The van der Waals surface area contributed by atoms with Crippen LogP contribution in [0.15, 0.2) is 55.0 Å². The molecule has 6 nitrogen and oxygen atoms in total. The van der Waals surface area contributed by atoms with Crippen molar-refractivity contribution < 1.29 is 18.4 Å². The minimum Gasteiger partial charge on any atom is -0.317 e. The quantitative estimate of drug-likeness (QED) is 0.411. The minimum atomic E-state index is -1.07. The fourth-order valence-corrected chi connectivity index (χ4v) is 3.82. The fourth-order valence-electron chi connectivity index (χ4n) is 3.65. The zero-order valence-corrected chi connectivity index (χ0v) is 18.4. The van der Waals surface area contributed by atoms with Crippen LogP contribution in [0.2, 0.25) is 5.15 Å². The van der Waals surface area contributed by atoms with E-state index in [9.17, 15) is 18.4 Å². The second-order valence-electron chi connectivity index (χ2n) is 7.67. The minimum absolute atomic E-state index is 0.0548. The van der Waals surface area contributed by atoms with Crippen LogP contribution < -0.4 is 4.90 Å². The van der Waals surface area contributed by atoms with Crippen LogP contribution in [0.25, 0.3) is 0 Å². The van der Waals surface area contributed by atoms with Crippen LogP contribution in [0.4, 0.5) is 19.3 Å². The molecular weight excluding hydrogens is 450 g/mol. The van der Waals surface area contributed by atoms with E-state index in [1.165, 1.54) is 24.3 Å². The van der Waals surface area contributed by atoms with E-state index in [2.05, 4.69) is 21.8 Å². The van der Waals surface area contributed by atoms with Crippen molar-refractivity contribution in [3.05, 3.63) is 88.5 Å². The van der Waals surface area contributed by atoms with Crippen LogP contribution in [0.1, 0.15) is 30.0 Å². The summed E-state index contributed by atoms with van der Waals surface area (Å²) in [5.74, 6) is 2.52. The first-order valence-electron chi connectivity index (χ1n) is 9.84. The second kappa shape index (κ2) is 8.60. The van der Waals surface area contributed by atoms with Gasteiger partial charge in [0.15, 0.2) is 11.6 Å². The van der Waals surface area contributed by atoms with E-state index in [4.69, 9.17) is 11.6 Å². The van der Waals surface area contributed by atoms with Gasteiger partial charge in [0.2, 0.25) is 5.91 Å². The number of aromatic nitrogens is 2. The van der Waals surface area contributed by atoms with Crippen molar-refractivity contribution in [2.45, 2.75) is 18.9 Å². The molecule has 4 rings (SSSR count). The topological polar surface area (TPSA) is 66.4 Å². The predicted molar refractivity (Wildman–Crippen MR) is 118 cm³/mol. The summed E-state index contributed by atoms with van der Waals surface area (Å²) in [7, 11) is 1.46. The van der Waals surface area contributed by atoms with Gasteiger partial charge in [-0.25, -0.2) is 23.5 Å². The van der Waals surface area contributed by atoms with Crippen LogP contribution in [0.5, 0.6) is 0 Å². The first kappa shape index (κ1) is 22.4. The van der Waals surface area contributed by atoms with Crippen molar-refractivity contribution >= 4 is 29.2 Å². The third-order valence-corrected chi connectivity index (χ3v) is 5.77. The van der Waals surface area contributed by atoms with E-state index >= 15 is 0 Å². The number of rotatable bonds is 2. The monoisotopic (exact) mass is 466 g/mol. The van der Waals surface area contributed by atoms with Gasteiger partial charge in [-0.1, -0.05) is 23.4 Å². The summed E-state index contributed by atoms with van der Waals surface area (Å²) in [4.78, 5) is 35.7. The van der Waals surface area contributed by atoms with Crippen LogP contribution in [-0.4, -0.2) is 33.9 Å². The third kappa shape index (κ3) is 4.15. The predicted octanol–water partition coefficient (Wildman–Crippen LogP) is 4.51. The molecule has 1 aromatic carbocycles. The number of carbonyl (C=O) groups is 2. The molecule has 0 spiro atoms. The molecule has 166 valence electrons. The van der Waals surface area contributed by atoms with Crippen molar-refractivity contribution in [2.75, 3.05) is 11.9 Å². The van der Waals surface area contributed by atoms with Crippen LogP contribution in [0.3, 0.4) is 0 Å². The van der Waals surface area contributed by atoms with Gasteiger partial charge in [0.25, 0.3) is 0 Å². The van der Waals surface area contributed by atoms with Crippen LogP contribution in [-0.2, 0) is 10.3 Å². The Morgan fingerprint density at radius 3 is 2.39 bits per heavy atom. The fraction of sp³-hybridized carbons (Fsp3) is 0.167. The molecule has 0 radical (unpaired) electrons. The Morgan fingerprint density at radius 2 is 1.76 bits per heavy atom. The largest absolute Gasteiger partial charge is 0.332 e. The summed E-state index contributed by atoms with van der Waals surface area (Å²) in [6.45, 7) is 1.68. The maximum atomic E-state index is 15.0. The summed E-state index contributed by atoms with van der Waals surface area (Å²) in [6.07, 6.45) is 4.35. The van der Waals surface area contributed by atoms with Crippen molar-refractivity contribution in [3.8, 4) is 11.8 Å². The summed E-state index contributed by atoms with van der Waals surface area (Å²) in [5.41, 5.74) is -0.605. The molecule has 3 amide bonds. The van der Waals surface area contributed by atoms with E-state index < -0.39 is 34.8 Å². The number of hydrogen-bond acceptors (Lipinski definition) is 4. The standard InChI is InChI=1S/C24H17ClF2N4O2/c1-24(17-7-9-29-20(25)12-17)13-21(32)31(23(33)30(24)2)22-18(26)10-16(11-19(22)27)6-5-15-4-3-8-28-14-15/h3-4,7-12,14H,13H2,1-2H3. The zero-order valence-electron chi connectivity index (χ0n) is 17.6. The van der Waals surface area contributed by atoms with E-state index in [1.54, 1.807) is 37.4 Å². The molecule has 0 N–H and O–H groups in total. The molecule has 1 aliphatic heterocycles. The highest BCUT2D eigenvalue weighted by atomic mass is 35.5. The highest BCUT2D eigenvalue weighted by molar-refractivity contribution is 6.29. The average Bonchev–Trinajstić information content (AvgIpc) is 2.78. The Hall–Kier alpha value is -3.83. The summed E-state index contributed by atoms with van der Waals surface area (Å²) in [5, 5.41) is 0.199. The lowest BCUT2D eigenvalue weighted by atomic mass is 9.85. The van der Waals surface area contributed by atoms with Crippen molar-refractivity contribution in [3.63, 3.8) is 0 Å². The van der Waals surface area contributed by atoms with Gasteiger partial charge in [-0.15, -0.1) is 0 Å². The number of nitrogens with zero attached hydrogens (tertiary/aromatic N) is 4. The molecule has 3 heterocycles. The molecule has 0 saturated carbocycles. The number of amides is 3. The molecule has 1 fully saturated rings. The van der Waals surface area contributed by atoms with Crippen molar-refractivity contribution in [1.29, 1.82) is 0 Å². The molecule has 1 saturated heterocycles. The smallest absolute Gasteiger partial charge is 0.317 e. The number of urea groups is 1. The summed E-state index contributed by atoms with van der Waals surface area (Å²) < 4.78 is 29.9. The Kier molecular flexibility index (Phi) is 5.83. The van der Waals surface area contributed by atoms with Crippen molar-refractivity contribution in [1.82, 2.24) is 14.9 Å². The molecule has 0 aliphatic carbocycles. The Balaban J connectivity index is 1.68. The van der Waals surface area contributed by atoms with Gasteiger partial charge in [-0.05, 0) is 48.9 Å². The Bertz CT molecular complexity index is 1300. The van der Waals surface area contributed by atoms with Gasteiger partial charge in [0, 0.05) is 36.8 Å². The molecule has 3 aromatic rings. The molecule has 1 atom stereocenters. The zero-order chi connectivity index (χ0) is 23.8. The number of halogens is 3. The number of imide groups is 1. The number of carbonyl (C=O) groups excluding carboxylic acids is 2. The maximum absolute atomic E-state index is 15.0. The molecule has 2 aromatic heterocycles. The first-order chi connectivity index (χ1) is 15.7. The van der Waals surface area contributed by atoms with Gasteiger partial charge in [0.1, 0.15) is 10.8 Å². The van der Waals surface area contributed by atoms with Gasteiger partial charge in [-0.2, -0.15) is 0 Å². The van der Waals surface area contributed by atoms with Gasteiger partial charge >= 0.3 is 6.03 Å². The lowest BCUT2D eigenvalue weighted by molar-refractivity contribution is -0.122. The van der Waals surface area contributed by atoms with Gasteiger partial charge < -0.3 is 4.90 Å². The number of benzene rings is 1. The highest BCUT2D eigenvalue weighted by Gasteiger charge is 2.47. The highest BCUT2D eigenvalue weighted by Crippen LogP contribution is 2.39. The summed E-state index contributed by atoms with van der Waals surface area (Å²) >= 11 is 5.97. The van der Waals surface area contributed by atoms with Gasteiger partial charge in [-0.3, -0.25) is 9.78 Å². The van der Waals surface area contributed by atoms with Gasteiger partial charge in [0.05, 0.1) is 12.0 Å². The normalized spacial score (nSPS) is 18.2. The lowest BCUT2D eigenvalue weighted by Crippen LogP contribution is -2.60. The third-order valence-electron chi connectivity index (χ3n) is 5.57. The Labute approximate surface area is 193 Å². The van der Waals surface area contributed by atoms with E-state index in [-0.39, 0.29) is 17.1 Å². The molecule has 0 bridgehead atoms.